The molecule has 1 rings (SSSR count). The summed E-state index contributed by atoms with van der Waals surface area (Å²) in [5.41, 5.74) is -2.16. The van der Waals surface area contributed by atoms with Crippen LogP contribution in [0.3, 0.4) is 0 Å². The van der Waals surface area contributed by atoms with Gasteiger partial charge < -0.3 is 14.8 Å². The van der Waals surface area contributed by atoms with E-state index in [1.807, 2.05) is 0 Å². The normalized spacial score (nSPS) is 11.9. The summed E-state index contributed by atoms with van der Waals surface area (Å²) in [7, 11) is 2.06. The van der Waals surface area contributed by atoms with Gasteiger partial charge in [0, 0.05) is 9.50 Å². The van der Waals surface area contributed by atoms with Crippen molar-refractivity contribution in [1.82, 2.24) is 0 Å². The van der Waals surface area contributed by atoms with Crippen molar-refractivity contribution in [2.24, 2.45) is 0 Å². The summed E-state index contributed by atoms with van der Waals surface area (Å²) in [4.78, 5) is 22.9. The number of nitrogens with one attached hydrogen (secondary N) is 1. The minimum Gasteiger partial charge on any atom is -0.466 e. The fraction of sp³-hybridized carbons (Fsp3) is 0.231. The molecule has 10 heteroatoms. The van der Waals surface area contributed by atoms with Gasteiger partial charge in [0.05, 0.1) is 31.5 Å². The molecule has 0 atom stereocenters. The van der Waals surface area contributed by atoms with Crippen LogP contribution in [0.4, 0.5) is 18.9 Å². The number of benzene rings is 1. The van der Waals surface area contributed by atoms with Gasteiger partial charge in [0.1, 0.15) is 5.70 Å². The van der Waals surface area contributed by atoms with Gasteiger partial charge in [-0.15, -0.1) is 0 Å². The Morgan fingerprint density at radius 3 is 2.35 bits per heavy atom. The number of ether oxygens (including phenoxy) is 2. The third-order valence-corrected chi connectivity index (χ3v) is 3.33. The first kappa shape index (κ1) is 19.3. The Morgan fingerprint density at radius 2 is 1.87 bits per heavy atom. The van der Waals surface area contributed by atoms with Gasteiger partial charge in [-0.3, -0.25) is 0 Å². The van der Waals surface area contributed by atoms with E-state index in [-0.39, 0.29) is 9.50 Å². The molecule has 5 nitrogen and oxygen atoms in total. The van der Waals surface area contributed by atoms with Crippen molar-refractivity contribution in [3.63, 3.8) is 0 Å². The molecule has 0 unspecified atom stereocenters. The van der Waals surface area contributed by atoms with Crippen LogP contribution < -0.4 is 5.32 Å². The predicted molar refractivity (Wildman–Crippen MR) is 79.9 cm³/mol. The number of methoxy groups -OCH3 is 2. The Morgan fingerprint density at radius 1 is 1.26 bits per heavy atom. The first-order valence-corrected chi connectivity index (χ1v) is 6.98. The third kappa shape index (κ3) is 5.14. The quantitative estimate of drug-likeness (QED) is 0.598. The van der Waals surface area contributed by atoms with E-state index in [4.69, 9.17) is 11.6 Å². The van der Waals surface area contributed by atoms with Crippen LogP contribution in [0.15, 0.2) is 28.4 Å². The Balaban J connectivity index is 3.42. The minimum atomic E-state index is -4.75. The van der Waals surface area contributed by atoms with Crippen LogP contribution >= 0.6 is 27.5 Å². The summed E-state index contributed by atoms with van der Waals surface area (Å²) in [5, 5.41) is 2.06. The Kier molecular flexibility index (Phi) is 6.46. The average molecular weight is 417 g/mol. The first-order chi connectivity index (χ1) is 10.6. The topological polar surface area (TPSA) is 64.6 Å². The zero-order chi connectivity index (χ0) is 17.8. The third-order valence-electron chi connectivity index (χ3n) is 2.49. The van der Waals surface area contributed by atoms with E-state index in [2.05, 4.69) is 30.7 Å². The second-order valence-electron chi connectivity index (χ2n) is 4.01. The van der Waals surface area contributed by atoms with E-state index in [0.29, 0.717) is 12.1 Å². The molecule has 0 radical (unpaired) electrons. The molecule has 0 aliphatic rings. The molecule has 0 aromatic heterocycles. The highest BCUT2D eigenvalue weighted by molar-refractivity contribution is 9.10. The summed E-state index contributed by atoms with van der Waals surface area (Å²) in [5.74, 6) is -2.00. The molecular weight excluding hydrogens is 406 g/mol. The van der Waals surface area contributed by atoms with Crippen LogP contribution in [0, 0.1) is 0 Å². The van der Waals surface area contributed by atoms with Gasteiger partial charge in [-0.1, -0.05) is 11.6 Å². The summed E-state index contributed by atoms with van der Waals surface area (Å²) >= 11 is 8.55. The van der Waals surface area contributed by atoms with Gasteiger partial charge in [-0.25, -0.2) is 9.59 Å². The molecule has 0 bridgehead atoms. The molecule has 126 valence electrons. The zero-order valence-corrected chi connectivity index (χ0v) is 14.1. The Hall–Kier alpha value is -1.74. The van der Waals surface area contributed by atoms with Crippen LogP contribution in [0.5, 0.6) is 0 Å². The molecule has 0 aliphatic carbocycles. The summed E-state index contributed by atoms with van der Waals surface area (Å²) < 4.78 is 48.1. The molecule has 1 N–H and O–H groups in total. The lowest BCUT2D eigenvalue weighted by molar-refractivity contribution is -0.138. The highest BCUT2D eigenvalue weighted by atomic mass is 79.9. The maximum atomic E-state index is 13.1. The van der Waals surface area contributed by atoms with E-state index in [1.54, 1.807) is 0 Å². The van der Waals surface area contributed by atoms with Crippen LogP contribution in [-0.2, 0) is 25.2 Å². The average Bonchev–Trinajstić information content (AvgIpc) is 2.46. The van der Waals surface area contributed by atoms with Gasteiger partial charge >= 0.3 is 18.1 Å². The number of alkyl halides is 3. The van der Waals surface area contributed by atoms with Crippen LogP contribution in [0.2, 0.25) is 5.02 Å². The fourth-order valence-corrected chi connectivity index (χ4v) is 2.40. The van der Waals surface area contributed by atoms with Crippen molar-refractivity contribution in [2.45, 2.75) is 6.18 Å². The molecule has 0 saturated heterocycles. The predicted octanol–water partition coefficient (Wildman–Crippen LogP) is 3.76. The SMILES string of the molecule is COC(=O)/C=C(/Nc1c(Br)cc(Cl)cc1C(F)(F)F)C(=O)OC. The van der Waals surface area contributed by atoms with Gasteiger partial charge in [-0.2, -0.15) is 13.2 Å². The molecule has 1 aromatic rings. The van der Waals surface area contributed by atoms with E-state index < -0.39 is 35.1 Å². The van der Waals surface area contributed by atoms with Crippen LogP contribution in [0.25, 0.3) is 0 Å². The molecule has 0 amide bonds. The maximum Gasteiger partial charge on any atom is 0.418 e. The number of carbonyl (C=O) groups is 2. The first-order valence-electron chi connectivity index (χ1n) is 5.81. The summed E-state index contributed by atoms with van der Waals surface area (Å²) in [6.07, 6.45) is -4.07. The number of halogens is 5. The van der Waals surface area contributed by atoms with E-state index in [9.17, 15) is 22.8 Å². The lowest BCUT2D eigenvalue weighted by atomic mass is 10.1. The zero-order valence-electron chi connectivity index (χ0n) is 11.8. The van der Waals surface area contributed by atoms with Crippen molar-refractivity contribution in [2.75, 3.05) is 19.5 Å². The lowest BCUT2D eigenvalue weighted by Crippen LogP contribution is -2.18. The molecule has 23 heavy (non-hydrogen) atoms. The van der Waals surface area contributed by atoms with Crippen LogP contribution in [-0.4, -0.2) is 26.2 Å². The van der Waals surface area contributed by atoms with E-state index in [1.165, 1.54) is 6.07 Å². The largest absolute Gasteiger partial charge is 0.466 e. The lowest BCUT2D eigenvalue weighted by Gasteiger charge is -2.17. The summed E-state index contributed by atoms with van der Waals surface area (Å²) in [6.45, 7) is 0. The second-order valence-corrected chi connectivity index (χ2v) is 5.30. The van der Waals surface area contributed by atoms with Gasteiger partial charge in [0.25, 0.3) is 0 Å². The molecule has 0 spiro atoms. The number of anilines is 1. The number of rotatable bonds is 4. The van der Waals surface area contributed by atoms with Crippen molar-refractivity contribution >= 4 is 45.2 Å². The second kappa shape index (κ2) is 7.69. The number of esters is 2. The smallest absolute Gasteiger partial charge is 0.418 e. The highest BCUT2D eigenvalue weighted by Crippen LogP contribution is 2.41. The standard InChI is InChI=1S/C13H10BrClF3NO4/c1-22-10(20)5-9(12(21)23-2)19-11-7(13(16,17)18)3-6(15)4-8(11)14/h3-5,19H,1-2H3/b9-5+. The number of hydrogen-bond donors (Lipinski definition) is 1. The molecule has 0 fully saturated rings. The molecular formula is C13H10BrClF3NO4. The van der Waals surface area contributed by atoms with E-state index in [0.717, 1.165) is 14.2 Å². The highest BCUT2D eigenvalue weighted by Gasteiger charge is 2.35. The molecule has 0 saturated carbocycles. The minimum absolute atomic E-state index is 0.0583. The van der Waals surface area contributed by atoms with Gasteiger partial charge in [-0.05, 0) is 28.1 Å². The summed E-state index contributed by atoms with van der Waals surface area (Å²) in [6, 6.07) is 1.88. The fourth-order valence-electron chi connectivity index (χ4n) is 1.49. The molecule has 1 aromatic carbocycles. The van der Waals surface area contributed by atoms with Crippen molar-refractivity contribution in [1.29, 1.82) is 0 Å². The number of hydrogen-bond acceptors (Lipinski definition) is 5. The maximum absolute atomic E-state index is 13.1. The monoisotopic (exact) mass is 415 g/mol. The Bertz CT molecular complexity index is 661. The number of carbonyl (C=O) groups excluding carboxylic acids is 2. The van der Waals surface area contributed by atoms with Crippen molar-refractivity contribution < 1.29 is 32.2 Å². The van der Waals surface area contributed by atoms with Crippen LogP contribution in [0.1, 0.15) is 5.56 Å². The van der Waals surface area contributed by atoms with Crippen molar-refractivity contribution in [3.05, 3.63) is 39.0 Å². The van der Waals surface area contributed by atoms with Gasteiger partial charge in [0.15, 0.2) is 0 Å². The Labute approximate surface area is 142 Å². The van der Waals surface area contributed by atoms with E-state index >= 15 is 0 Å². The van der Waals surface area contributed by atoms with Gasteiger partial charge in [0.2, 0.25) is 0 Å². The molecule has 0 aliphatic heterocycles. The molecule has 0 heterocycles. The van der Waals surface area contributed by atoms with Crippen molar-refractivity contribution in [3.8, 4) is 0 Å².